The summed E-state index contributed by atoms with van der Waals surface area (Å²) in [5.74, 6) is -1.47. The molecule has 0 aliphatic heterocycles. The highest BCUT2D eigenvalue weighted by molar-refractivity contribution is 7.08. The van der Waals surface area contributed by atoms with Gasteiger partial charge in [-0.15, -0.1) is 0 Å². The van der Waals surface area contributed by atoms with Crippen molar-refractivity contribution < 1.29 is 18.7 Å². The van der Waals surface area contributed by atoms with Gasteiger partial charge in [0.2, 0.25) is 0 Å². The highest BCUT2D eigenvalue weighted by Gasteiger charge is 2.21. The van der Waals surface area contributed by atoms with E-state index in [2.05, 4.69) is 4.37 Å². The van der Waals surface area contributed by atoms with E-state index < -0.39 is 17.4 Å². The largest absolute Gasteiger partial charge is 0.456 e. The molecule has 0 fully saturated rings. The number of carbonyl (C=O) groups excluding carboxylic acids is 2. The van der Waals surface area contributed by atoms with Gasteiger partial charge < -0.3 is 4.74 Å². The molecule has 0 spiro atoms. The number of ether oxygens (including phenoxy) is 1. The summed E-state index contributed by atoms with van der Waals surface area (Å²) in [7, 11) is 0. The molecule has 0 saturated heterocycles. The van der Waals surface area contributed by atoms with Crippen LogP contribution in [0, 0.1) is 5.82 Å². The lowest BCUT2D eigenvalue weighted by molar-refractivity contribution is 0.00647. The van der Waals surface area contributed by atoms with Crippen molar-refractivity contribution in [3.05, 3.63) is 40.5 Å². The van der Waals surface area contributed by atoms with Gasteiger partial charge in [-0.3, -0.25) is 4.79 Å². The first kappa shape index (κ1) is 16.3. The van der Waals surface area contributed by atoms with Crippen LogP contribution in [0.2, 0.25) is 0 Å². The van der Waals surface area contributed by atoms with Gasteiger partial charge in [0.25, 0.3) is 0 Å². The zero-order valence-corrected chi connectivity index (χ0v) is 13.6. The first-order valence-electron chi connectivity index (χ1n) is 6.68. The molecule has 0 unspecified atom stereocenters. The molecule has 1 aromatic carbocycles. The lowest BCUT2D eigenvalue weighted by Crippen LogP contribution is -2.24. The van der Waals surface area contributed by atoms with Crippen LogP contribution >= 0.6 is 11.5 Å². The number of nitrogens with zero attached hydrogens (tertiary/aromatic N) is 1. The van der Waals surface area contributed by atoms with Crippen LogP contribution in [0.15, 0.2) is 24.3 Å². The van der Waals surface area contributed by atoms with E-state index in [0.29, 0.717) is 16.1 Å². The van der Waals surface area contributed by atoms with E-state index in [1.807, 2.05) is 0 Å². The number of carbonyl (C=O) groups is 2. The molecule has 0 atom stereocenters. The number of halogens is 1. The summed E-state index contributed by atoms with van der Waals surface area (Å²) in [6.07, 6.45) is 0. The van der Waals surface area contributed by atoms with Gasteiger partial charge in [-0.1, -0.05) is 6.07 Å². The monoisotopic (exact) mass is 321 g/mol. The lowest BCUT2D eigenvalue weighted by atomic mass is 10.1. The van der Waals surface area contributed by atoms with Gasteiger partial charge >= 0.3 is 5.97 Å². The topological polar surface area (TPSA) is 56.3 Å². The van der Waals surface area contributed by atoms with Crippen LogP contribution in [0.4, 0.5) is 4.39 Å². The van der Waals surface area contributed by atoms with Crippen LogP contribution < -0.4 is 0 Å². The van der Waals surface area contributed by atoms with Crippen molar-refractivity contribution in [2.45, 2.75) is 33.3 Å². The predicted octanol–water partition coefficient (Wildman–Crippen LogP) is 4.11. The maximum Gasteiger partial charge on any atom is 0.341 e. The number of aromatic nitrogens is 1. The number of rotatable bonds is 3. The van der Waals surface area contributed by atoms with E-state index in [0.717, 1.165) is 11.5 Å². The number of esters is 1. The van der Waals surface area contributed by atoms with Gasteiger partial charge in [0.05, 0.1) is 16.1 Å². The first-order valence-corrected chi connectivity index (χ1v) is 7.45. The minimum absolute atomic E-state index is 0.0883. The second kappa shape index (κ2) is 5.96. The Kier molecular flexibility index (Phi) is 4.42. The number of benzene rings is 1. The first-order chi connectivity index (χ1) is 10.2. The fourth-order valence-electron chi connectivity index (χ4n) is 1.75. The van der Waals surface area contributed by atoms with Gasteiger partial charge in [-0.05, 0) is 50.5 Å². The Balaban J connectivity index is 2.29. The van der Waals surface area contributed by atoms with E-state index in [4.69, 9.17) is 4.74 Å². The zero-order valence-electron chi connectivity index (χ0n) is 12.8. The standard InChI is InChI=1S/C16H16FNO3S/c1-9(19)14-8-13(18-22-14)10-5-6-11(12(17)7-10)15(20)21-16(2,3)4/h5-8H,1-4H3. The number of ketones is 1. The van der Waals surface area contributed by atoms with Crippen LogP contribution in [0.5, 0.6) is 0 Å². The highest BCUT2D eigenvalue weighted by Crippen LogP contribution is 2.25. The molecular weight excluding hydrogens is 305 g/mol. The summed E-state index contributed by atoms with van der Waals surface area (Å²) in [5, 5.41) is 0. The number of hydrogen-bond donors (Lipinski definition) is 0. The second-order valence-electron chi connectivity index (χ2n) is 5.83. The molecule has 0 aliphatic rings. The minimum atomic E-state index is -0.709. The Morgan fingerprint density at radius 1 is 1.23 bits per heavy atom. The van der Waals surface area contributed by atoms with Gasteiger partial charge in [0, 0.05) is 12.5 Å². The normalized spacial score (nSPS) is 11.3. The Morgan fingerprint density at radius 3 is 2.41 bits per heavy atom. The fourth-order valence-corrected chi connectivity index (χ4v) is 2.40. The molecule has 0 aliphatic carbocycles. The SMILES string of the molecule is CC(=O)c1cc(-c2ccc(C(=O)OC(C)(C)C)c(F)c2)ns1. The average Bonchev–Trinajstić information content (AvgIpc) is 2.85. The summed E-state index contributed by atoms with van der Waals surface area (Å²) in [6, 6.07) is 5.78. The van der Waals surface area contributed by atoms with E-state index in [1.165, 1.54) is 19.1 Å². The molecule has 2 rings (SSSR count). The van der Waals surface area contributed by atoms with E-state index in [9.17, 15) is 14.0 Å². The van der Waals surface area contributed by atoms with Crippen molar-refractivity contribution in [2.75, 3.05) is 0 Å². The van der Waals surface area contributed by atoms with Crippen LogP contribution in [0.3, 0.4) is 0 Å². The molecule has 1 heterocycles. The van der Waals surface area contributed by atoms with Crippen LogP contribution in [-0.2, 0) is 4.74 Å². The van der Waals surface area contributed by atoms with Crippen molar-refractivity contribution >= 4 is 23.3 Å². The van der Waals surface area contributed by atoms with Crippen molar-refractivity contribution in [2.24, 2.45) is 0 Å². The van der Waals surface area contributed by atoms with Crippen molar-refractivity contribution in [3.8, 4) is 11.3 Å². The number of Topliss-reactive ketones (excluding diaryl/α,β-unsaturated/α-hetero) is 1. The molecule has 116 valence electrons. The molecule has 0 saturated carbocycles. The summed E-state index contributed by atoms with van der Waals surface area (Å²) in [5.41, 5.74) is 0.201. The predicted molar refractivity (Wildman–Crippen MR) is 82.7 cm³/mol. The van der Waals surface area contributed by atoms with Crippen LogP contribution in [-0.4, -0.2) is 21.7 Å². The van der Waals surface area contributed by atoms with Gasteiger partial charge in [0.1, 0.15) is 11.4 Å². The molecule has 1 aromatic heterocycles. The molecule has 0 amide bonds. The quantitative estimate of drug-likeness (QED) is 0.630. The summed E-state index contributed by atoms with van der Waals surface area (Å²) in [6.45, 7) is 6.60. The zero-order chi connectivity index (χ0) is 16.5. The maximum atomic E-state index is 14.1. The Morgan fingerprint density at radius 2 is 1.91 bits per heavy atom. The molecule has 6 heteroatoms. The van der Waals surface area contributed by atoms with Crippen LogP contribution in [0.25, 0.3) is 11.3 Å². The Hall–Kier alpha value is -2.08. The fraction of sp³-hybridized carbons (Fsp3) is 0.312. The minimum Gasteiger partial charge on any atom is -0.456 e. The molecule has 2 aromatic rings. The van der Waals surface area contributed by atoms with Crippen molar-refractivity contribution in [3.63, 3.8) is 0 Å². The maximum absolute atomic E-state index is 14.1. The highest BCUT2D eigenvalue weighted by atomic mass is 32.1. The van der Waals surface area contributed by atoms with Crippen molar-refractivity contribution in [1.29, 1.82) is 0 Å². The van der Waals surface area contributed by atoms with E-state index in [-0.39, 0.29) is 11.3 Å². The lowest BCUT2D eigenvalue weighted by Gasteiger charge is -2.19. The van der Waals surface area contributed by atoms with E-state index in [1.54, 1.807) is 32.9 Å². The summed E-state index contributed by atoms with van der Waals surface area (Å²) >= 11 is 1.06. The molecule has 4 nitrogen and oxygen atoms in total. The third-order valence-electron chi connectivity index (χ3n) is 2.74. The van der Waals surface area contributed by atoms with Gasteiger partial charge in [-0.2, -0.15) is 4.37 Å². The Bertz CT molecular complexity index is 731. The number of hydrogen-bond acceptors (Lipinski definition) is 5. The third kappa shape index (κ3) is 3.76. The second-order valence-corrected chi connectivity index (χ2v) is 6.63. The van der Waals surface area contributed by atoms with E-state index >= 15 is 0 Å². The molecular formula is C16H16FNO3S. The average molecular weight is 321 g/mol. The van der Waals surface area contributed by atoms with Gasteiger partial charge in [0.15, 0.2) is 5.78 Å². The molecule has 22 heavy (non-hydrogen) atoms. The summed E-state index contributed by atoms with van der Waals surface area (Å²) in [4.78, 5) is 23.7. The molecule has 0 radical (unpaired) electrons. The summed E-state index contributed by atoms with van der Waals surface area (Å²) < 4.78 is 23.4. The molecule has 0 bridgehead atoms. The smallest absolute Gasteiger partial charge is 0.341 e. The van der Waals surface area contributed by atoms with Gasteiger partial charge in [-0.25, -0.2) is 9.18 Å². The van der Waals surface area contributed by atoms with Crippen molar-refractivity contribution in [1.82, 2.24) is 4.37 Å². The van der Waals surface area contributed by atoms with Crippen LogP contribution in [0.1, 0.15) is 47.7 Å². The molecule has 0 N–H and O–H groups in total. The third-order valence-corrected chi connectivity index (χ3v) is 3.63. The Labute approximate surface area is 132 Å².